The smallest absolute Gasteiger partial charge is 0.339 e. The zero-order valence-corrected chi connectivity index (χ0v) is 19.7. The zero-order valence-electron chi connectivity index (χ0n) is 19.7. The van der Waals surface area contributed by atoms with Crippen LogP contribution >= 0.6 is 0 Å². The molecule has 6 heteroatoms. The maximum absolute atomic E-state index is 14.2. The van der Waals surface area contributed by atoms with Crippen molar-refractivity contribution >= 4 is 29.5 Å². The number of amides is 4. The highest BCUT2D eigenvalue weighted by Gasteiger charge is 2.50. The van der Waals surface area contributed by atoms with Crippen molar-refractivity contribution in [1.29, 1.82) is 0 Å². The molecule has 0 aliphatic carbocycles. The number of para-hydroxylation sites is 2. The Morgan fingerprint density at radius 1 is 0.722 bits per heavy atom. The van der Waals surface area contributed by atoms with Gasteiger partial charge in [0.05, 0.1) is 12.8 Å². The Kier molecular flexibility index (Phi) is 6.24. The number of nitrogens with zero attached hydrogens (tertiary/aromatic N) is 2. The van der Waals surface area contributed by atoms with E-state index in [1.54, 1.807) is 36.3 Å². The maximum atomic E-state index is 14.2. The first-order valence-corrected chi connectivity index (χ1v) is 11.6. The standard InChI is InChI=1S/C30H25N3O3/c1-36-27-19-17-23(18-20-27)21-22-30(24-11-5-2-6-12-24)31-28(34)32(25-13-7-3-8-14-25)29(35)33(30)26-15-9-4-10-16-26/h2-22H,1H3,(H,31,34)/b22-21+. The average molecular weight is 476 g/mol. The van der Waals surface area contributed by atoms with Crippen LogP contribution in [0.3, 0.4) is 0 Å². The summed E-state index contributed by atoms with van der Waals surface area (Å²) in [6.07, 6.45) is 3.75. The van der Waals surface area contributed by atoms with Crippen LogP contribution in [0.4, 0.5) is 21.0 Å². The van der Waals surface area contributed by atoms with Crippen LogP contribution in [0.2, 0.25) is 0 Å². The number of methoxy groups -OCH3 is 1. The molecule has 0 bridgehead atoms. The van der Waals surface area contributed by atoms with Crippen molar-refractivity contribution < 1.29 is 14.3 Å². The molecule has 1 unspecified atom stereocenters. The molecule has 0 spiro atoms. The van der Waals surface area contributed by atoms with Gasteiger partial charge >= 0.3 is 12.1 Å². The molecule has 1 saturated heterocycles. The predicted octanol–water partition coefficient (Wildman–Crippen LogP) is 6.42. The van der Waals surface area contributed by atoms with Crippen LogP contribution in [0.5, 0.6) is 5.75 Å². The van der Waals surface area contributed by atoms with E-state index in [2.05, 4.69) is 5.32 Å². The maximum Gasteiger partial charge on any atom is 0.339 e. The molecule has 178 valence electrons. The van der Waals surface area contributed by atoms with Crippen molar-refractivity contribution in [2.45, 2.75) is 5.66 Å². The summed E-state index contributed by atoms with van der Waals surface area (Å²) >= 11 is 0. The number of hydrogen-bond donors (Lipinski definition) is 1. The van der Waals surface area contributed by atoms with Gasteiger partial charge in [0.15, 0.2) is 5.66 Å². The van der Waals surface area contributed by atoms with Gasteiger partial charge < -0.3 is 10.1 Å². The van der Waals surface area contributed by atoms with Crippen molar-refractivity contribution in [3.8, 4) is 5.75 Å². The largest absolute Gasteiger partial charge is 0.497 e. The summed E-state index contributed by atoms with van der Waals surface area (Å²) in [7, 11) is 1.62. The minimum atomic E-state index is -1.28. The van der Waals surface area contributed by atoms with Gasteiger partial charge in [0.25, 0.3) is 0 Å². The summed E-state index contributed by atoms with van der Waals surface area (Å²) < 4.78 is 5.27. The van der Waals surface area contributed by atoms with E-state index in [0.29, 0.717) is 11.4 Å². The van der Waals surface area contributed by atoms with E-state index >= 15 is 0 Å². The van der Waals surface area contributed by atoms with E-state index in [0.717, 1.165) is 21.8 Å². The molecule has 4 aromatic rings. The fourth-order valence-electron chi connectivity index (χ4n) is 4.35. The van der Waals surface area contributed by atoms with Crippen molar-refractivity contribution in [2.24, 2.45) is 0 Å². The third kappa shape index (κ3) is 4.20. The van der Waals surface area contributed by atoms with Crippen molar-refractivity contribution in [2.75, 3.05) is 16.9 Å². The lowest BCUT2D eigenvalue weighted by Crippen LogP contribution is -2.70. The molecule has 1 atom stereocenters. The minimum Gasteiger partial charge on any atom is -0.497 e. The number of carbonyl (C=O) groups excluding carboxylic acids is 2. The molecule has 1 N–H and O–H groups in total. The van der Waals surface area contributed by atoms with E-state index in [-0.39, 0.29) is 0 Å². The van der Waals surface area contributed by atoms with Crippen molar-refractivity contribution in [3.05, 3.63) is 132 Å². The average Bonchev–Trinajstić information content (AvgIpc) is 2.93. The number of ether oxygens (including phenoxy) is 1. The summed E-state index contributed by atoms with van der Waals surface area (Å²) in [4.78, 5) is 30.5. The molecule has 4 aromatic carbocycles. The number of carbonyl (C=O) groups is 2. The van der Waals surface area contributed by atoms with E-state index in [1.807, 2.05) is 103 Å². The van der Waals surface area contributed by atoms with Gasteiger partial charge in [0.2, 0.25) is 0 Å². The molecule has 1 aliphatic heterocycles. The molecule has 1 fully saturated rings. The predicted molar refractivity (Wildman–Crippen MR) is 142 cm³/mol. The van der Waals surface area contributed by atoms with Gasteiger partial charge in [0.1, 0.15) is 5.75 Å². The molecule has 36 heavy (non-hydrogen) atoms. The van der Waals surface area contributed by atoms with Gasteiger partial charge in [-0.15, -0.1) is 0 Å². The third-order valence-corrected chi connectivity index (χ3v) is 6.11. The SMILES string of the molecule is COc1ccc(/C=C/C2(c3ccccc3)NC(=O)N(c3ccccc3)C(=O)N2c2ccccc2)cc1. The van der Waals surface area contributed by atoms with Crippen LogP contribution in [-0.4, -0.2) is 19.2 Å². The second-order valence-electron chi connectivity index (χ2n) is 8.29. The Bertz CT molecular complexity index is 1370. The van der Waals surface area contributed by atoms with Gasteiger partial charge in [-0.05, 0) is 48.0 Å². The fraction of sp³-hybridized carbons (Fsp3) is 0.0667. The summed E-state index contributed by atoms with van der Waals surface area (Å²) in [5.41, 5.74) is 1.50. The van der Waals surface area contributed by atoms with Gasteiger partial charge in [-0.1, -0.05) is 84.9 Å². The Morgan fingerprint density at radius 3 is 1.86 bits per heavy atom. The Hall–Kier alpha value is -4.84. The zero-order chi connectivity index (χ0) is 25.0. The highest BCUT2D eigenvalue weighted by atomic mass is 16.5. The second kappa shape index (κ2) is 9.80. The third-order valence-electron chi connectivity index (χ3n) is 6.11. The number of imide groups is 1. The number of anilines is 2. The first kappa shape index (κ1) is 22.9. The summed E-state index contributed by atoms with van der Waals surface area (Å²) in [5.74, 6) is 0.746. The molecule has 1 aliphatic rings. The summed E-state index contributed by atoms with van der Waals surface area (Å²) in [6.45, 7) is 0. The fourth-order valence-corrected chi connectivity index (χ4v) is 4.35. The monoisotopic (exact) mass is 475 g/mol. The number of benzene rings is 4. The molecule has 0 aromatic heterocycles. The summed E-state index contributed by atoms with van der Waals surface area (Å²) in [6, 6.07) is 34.4. The normalized spacial score (nSPS) is 17.8. The highest BCUT2D eigenvalue weighted by molar-refractivity contribution is 6.22. The van der Waals surface area contributed by atoms with Gasteiger partial charge in [-0.2, -0.15) is 0 Å². The first-order chi connectivity index (χ1) is 17.6. The van der Waals surface area contributed by atoms with E-state index in [9.17, 15) is 9.59 Å². The first-order valence-electron chi connectivity index (χ1n) is 11.6. The second-order valence-corrected chi connectivity index (χ2v) is 8.29. The Morgan fingerprint density at radius 2 is 1.28 bits per heavy atom. The number of nitrogens with one attached hydrogen (secondary N) is 1. The minimum absolute atomic E-state index is 0.459. The lowest BCUT2D eigenvalue weighted by Gasteiger charge is -2.48. The lowest BCUT2D eigenvalue weighted by atomic mass is 9.93. The molecule has 5 rings (SSSR count). The van der Waals surface area contributed by atoms with Crippen molar-refractivity contribution in [1.82, 2.24) is 5.32 Å². The number of rotatable bonds is 6. The molecule has 6 nitrogen and oxygen atoms in total. The van der Waals surface area contributed by atoms with Gasteiger partial charge in [0, 0.05) is 11.3 Å². The summed E-state index contributed by atoms with van der Waals surface area (Å²) in [5, 5.41) is 3.15. The molecule has 0 saturated carbocycles. The van der Waals surface area contributed by atoms with Gasteiger partial charge in [-0.3, -0.25) is 4.90 Å². The topological polar surface area (TPSA) is 61.9 Å². The van der Waals surface area contributed by atoms with E-state index < -0.39 is 17.7 Å². The molecule has 0 radical (unpaired) electrons. The highest BCUT2D eigenvalue weighted by Crippen LogP contribution is 2.38. The quantitative estimate of drug-likeness (QED) is 0.350. The van der Waals surface area contributed by atoms with Crippen molar-refractivity contribution in [3.63, 3.8) is 0 Å². The van der Waals surface area contributed by atoms with Crippen LogP contribution in [0, 0.1) is 0 Å². The Labute approximate surface area is 210 Å². The van der Waals surface area contributed by atoms with Crippen LogP contribution in [-0.2, 0) is 5.66 Å². The van der Waals surface area contributed by atoms with Crippen LogP contribution in [0.25, 0.3) is 6.08 Å². The Balaban J connectivity index is 1.69. The number of urea groups is 2. The van der Waals surface area contributed by atoms with Gasteiger partial charge in [-0.25, -0.2) is 14.5 Å². The van der Waals surface area contributed by atoms with Crippen LogP contribution in [0.1, 0.15) is 11.1 Å². The van der Waals surface area contributed by atoms with E-state index in [4.69, 9.17) is 4.74 Å². The molecular weight excluding hydrogens is 450 g/mol. The molecular formula is C30H25N3O3. The molecule has 1 heterocycles. The lowest BCUT2D eigenvalue weighted by molar-refractivity contribution is 0.215. The number of hydrogen-bond acceptors (Lipinski definition) is 3. The van der Waals surface area contributed by atoms with E-state index in [1.165, 1.54) is 0 Å². The van der Waals surface area contributed by atoms with Crippen LogP contribution in [0.15, 0.2) is 121 Å². The molecule has 4 amide bonds. The van der Waals surface area contributed by atoms with Crippen LogP contribution < -0.4 is 19.9 Å².